The Balaban J connectivity index is 2.30. The number of methoxy groups -OCH3 is 1. The molecule has 0 atom stereocenters. The molecule has 2 rings (SSSR count). The van der Waals surface area contributed by atoms with Gasteiger partial charge in [0.05, 0.1) is 17.7 Å². The van der Waals surface area contributed by atoms with Crippen molar-refractivity contribution < 1.29 is 13.2 Å². The molecule has 0 radical (unpaired) electrons. The minimum absolute atomic E-state index is 0.171. The molecule has 0 saturated heterocycles. The zero-order valence-corrected chi connectivity index (χ0v) is 11.9. The maximum atomic E-state index is 12.2. The van der Waals surface area contributed by atoms with Gasteiger partial charge in [0, 0.05) is 4.90 Å². The van der Waals surface area contributed by atoms with Crippen LogP contribution in [0.25, 0.3) is 0 Å². The minimum Gasteiger partial charge on any atom is -0.497 e. The summed E-state index contributed by atoms with van der Waals surface area (Å²) in [5.41, 5.74) is 0.446. The molecule has 2 aromatic rings. The Morgan fingerprint density at radius 1 is 1.05 bits per heavy atom. The molecule has 0 fully saturated rings. The van der Waals surface area contributed by atoms with Crippen molar-refractivity contribution in [2.45, 2.75) is 9.79 Å². The van der Waals surface area contributed by atoms with Crippen molar-refractivity contribution in [2.75, 3.05) is 11.8 Å². The second-order valence-electron chi connectivity index (χ2n) is 3.80. The fraction of sp³-hybridized carbons (Fsp3) is 0.0769. The van der Waals surface area contributed by atoms with Gasteiger partial charge in [0.2, 0.25) is 0 Å². The smallest absolute Gasteiger partial charge is 0.261 e. The largest absolute Gasteiger partial charge is 0.497 e. The number of nitrogens with one attached hydrogen (secondary N) is 1. The van der Waals surface area contributed by atoms with Crippen LogP contribution in [0, 0.1) is 0 Å². The van der Waals surface area contributed by atoms with Crippen molar-refractivity contribution in [1.29, 1.82) is 0 Å². The number of hydrogen-bond acceptors (Lipinski definition) is 4. The molecule has 6 heteroatoms. The number of anilines is 1. The summed E-state index contributed by atoms with van der Waals surface area (Å²) in [5.74, 6) is 0.605. The van der Waals surface area contributed by atoms with Gasteiger partial charge in [0.25, 0.3) is 10.0 Å². The van der Waals surface area contributed by atoms with E-state index >= 15 is 0 Å². The molecule has 0 aromatic heterocycles. The maximum absolute atomic E-state index is 12.2. The monoisotopic (exact) mass is 295 g/mol. The van der Waals surface area contributed by atoms with E-state index in [1.807, 2.05) is 0 Å². The zero-order valence-electron chi connectivity index (χ0n) is 10.2. The fourth-order valence-electron chi connectivity index (χ4n) is 1.52. The molecule has 0 unspecified atom stereocenters. The van der Waals surface area contributed by atoms with Crippen LogP contribution in [-0.2, 0) is 10.0 Å². The normalized spacial score (nSPS) is 11.1. The van der Waals surface area contributed by atoms with Crippen LogP contribution in [0.4, 0.5) is 5.69 Å². The Morgan fingerprint density at radius 3 is 2.26 bits per heavy atom. The Labute approximate surface area is 117 Å². The second-order valence-corrected chi connectivity index (χ2v) is 5.96. The van der Waals surface area contributed by atoms with Gasteiger partial charge in [-0.15, -0.1) is 12.6 Å². The van der Waals surface area contributed by atoms with Crippen LogP contribution >= 0.6 is 12.6 Å². The van der Waals surface area contributed by atoms with Crippen LogP contribution in [0.15, 0.2) is 58.3 Å². The average molecular weight is 295 g/mol. The molecule has 0 aliphatic rings. The molecule has 1 N–H and O–H groups in total. The van der Waals surface area contributed by atoms with E-state index in [9.17, 15) is 8.42 Å². The third-order valence-electron chi connectivity index (χ3n) is 2.52. The van der Waals surface area contributed by atoms with E-state index in [0.717, 1.165) is 0 Å². The molecule has 0 aliphatic carbocycles. The summed E-state index contributed by atoms with van der Waals surface area (Å²) in [6.45, 7) is 0. The van der Waals surface area contributed by atoms with Gasteiger partial charge in [0.15, 0.2) is 0 Å². The third kappa shape index (κ3) is 3.21. The fourth-order valence-corrected chi connectivity index (χ4v) is 2.89. The van der Waals surface area contributed by atoms with Crippen LogP contribution < -0.4 is 9.46 Å². The van der Waals surface area contributed by atoms with E-state index in [1.165, 1.54) is 19.2 Å². The Bertz CT molecular complexity index is 667. The summed E-state index contributed by atoms with van der Waals surface area (Å²) < 4.78 is 31.8. The number of benzene rings is 2. The number of rotatable bonds is 4. The second kappa shape index (κ2) is 5.54. The SMILES string of the molecule is COc1ccc(S(=O)(=O)Nc2ccccc2S)cc1. The predicted molar refractivity (Wildman–Crippen MR) is 77.5 cm³/mol. The first kappa shape index (κ1) is 13.8. The number of para-hydroxylation sites is 1. The van der Waals surface area contributed by atoms with Crippen molar-refractivity contribution in [2.24, 2.45) is 0 Å². The molecule has 0 spiro atoms. The summed E-state index contributed by atoms with van der Waals surface area (Å²) in [4.78, 5) is 0.740. The molecule has 2 aromatic carbocycles. The molecule has 0 heterocycles. The Hall–Kier alpha value is -1.66. The lowest BCUT2D eigenvalue weighted by atomic mass is 10.3. The lowest BCUT2D eigenvalue weighted by Gasteiger charge is -2.10. The van der Waals surface area contributed by atoms with Crippen LogP contribution in [0.3, 0.4) is 0 Å². The number of hydrogen-bond donors (Lipinski definition) is 2. The third-order valence-corrected chi connectivity index (χ3v) is 4.29. The van der Waals surface area contributed by atoms with E-state index < -0.39 is 10.0 Å². The quantitative estimate of drug-likeness (QED) is 0.853. The van der Waals surface area contributed by atoms with Gasteiger partial charge >= 0.3 is 0 Å². The summed E-state index contributed by atoms with van der Waals surface area (Å²) in [7, 11) is -2.09. The highest BCUT2D eigenvalue weighted by molar-refractivity contribution is 7.92. The first-order valence-corrected chi connectivity index (χ1v) is 7.41. The average Bonchev–Trinajstić information content (AvgIpc) is 2.41. The van der Waals surface area contributed by atoms with Crippen LogP contribution in [-0.4, -0.2) is 15.5 Å². The lowest BCUT2D eigenvalue weighted by Crippen LogP contribution is -2.13. The summed E-state index contributed by atoms with van der Waals surface area (Å²) in [6.07, 6.45) is 0. The van der Waals surface area contributed by atoms with Gasteiger partial charge in [-0.05, 0) is 36.4 Å². The number of ether oxygens (including phenoxy) is 1. The van der Waals surface area contributed by atoms with Crippen molar-refractivity contribution in [3.8, 4) is 5.75 Å². The summed E-state index contributed by atoms with van der Waals surface area (Å²) >= 11 is 4.21. The molecule has 0 bridgehead atoms. The first-order chi connectivity index (χ1) is 9.03. The standard InChI is InChI=1S/C13H13NO3S2/c1-17-10-6-8-11(9-7-10)19(15,16)14-12-4-2-3-5-13(12)18/h2-9,14,18H,1H3. The van der Waals surface area contributed by atoms with Crippen LogP contribution in [0.5, 0.6) is 5.75 Å². The van der Waals surface area contributed by atoms with Gasteiger partial charge in [-0.25, -0.2) is 8.42 Å². The Morgan fingerprint density at radius 2 is 1.68 bits per heavy atom. The van der Waals surface area contributed by atoms with E-state index in [4.69, 9.17) is 4.74 Å². The van der Waals surface area contributed by atoms with Crippen LogP contribution in [0.1, 0.15) is 0 Å². The number of sulfonamides is 1. The highest BCUT2D eigenvalue weighted by Crippen LogP contribution is 2.23. The topological polar surface area (TPSA) is 55.4 Å². The van der Waals surface area contributed by atoms with E-state index in [0.29, 0.717) is 16.3 Å². The van der Waals surface area contributed by atoms with Crippen LogP contribution in [0.2, 0.25) is 0 Å². The highest BCUT2D eigenvalue weighted by Gasteiger charge is 2.15. The predicted octanol–water partition coefficient (Wildman–Crippen LogP) is 2.78. The molecule has 19 heavy (non-hydrogen) atoms. The van der Waals surface area contributed by atoms with E-state index in [2.05, 4.69) is 17.4 Å². The van der Waals surface area contributed by atoms with Gasteiger partial charge in [-0.2, -0.15) is 0 Å². The molecular weight excluding hydrogens is 282 g/mol. The first-order valence-electron chi connectivity index (χ1n) is 5.48. The van der Waals surface area contributed by atoms with Crippen molar-refractivity contribution in [1.82, 2.24) is 0 Å². The van der Waals surface area contributed by atoms with Crippen molar-refractivity contribution in [3.05, 3.63) is 48.5 Å². The molecule has 0 saturated carbocycles. The summed E-state index contributed by atoms with van der Waals surface area (Å²) in [5, 5.41) is 0. The molecule has 100 valence electrons. The highest BCUT2D eigenvalue weighted by atomic mass is 32.2. The zero-order chi connectivity index (χ0) is 13.9. The minimum atomic E-state index is -3.62. The van der Waals surface area contributed by atoms with E-state index in [-0.39, 0.29) is 4.90 Å². The number of thiol groups is 1. The molecule has 0 aliphatic heterocycles. The van der Waals surface area contributed by atoms with Gasteiger partial charge in [0.1, 0.15) is 5.75 Å². The maximum Gasteiger partial charge on any atom is 0.261 e. The van der Waals surface area contributed by atoms with Gasteiger partial charge in [-0.3, -0.25) is 4.72 Å². The van der Waals surface area contributed by atoms with Crippen molar-refractivity contribution in [3.63, 3.8) is 0 Å². The van der Waals surface area contributed by atoms with Gasteiger partial charge in [-0.1, -0.05) is 12.1 Å². The molecule has 0 amide bonds. The lowest BCUT2D eigenvalue weighted by molar-refractivity contribution is 0.414. The van der Waals surface area contributed by atoms with E-state index in [1.54, 1.807) is 36.4 Å². The van der Waals surface area contributed by atoms with Crippen molar-refractivity contribution >= 4 is 28.3 Å². The van der Waals surface area contributed by atoms with Gasteiger partial charge < -0.3 is 4.74 Å². The molecule has 4 nitrogen and oxygen atoms in total. The molecular formula is C13H13NO3S2. The summed E-state index contributed by atoms with van der Waals surface area (Å²) in [6, 6.07) is 13.1. The Kier molecular flexibility index (Phi) is 4.01.